The zero-order chi connectivity index (χ0) is 12.8. The Labute approximate surface area is 102 Å². The number of allylic oxidation sites excluding steroid dienone is 2. The molecule has 3 heteroatoms. The van der Waals surface area contributed by atoms with Crippen molar-refractivity contribution in [1.29, 1.82) is 0 Å². The van der Waals surface area contributed by atoms with Crippen LogP contribution in [0.4, 0.5) is 0 Å². The first-order chi connectivity index (χ1) is 8.00. The van der Waals surface area contributed by atoms with Gasteiger partial charge in [0.1, 0.15) is 0 Å². The van der Waals surface area contributed by atoms with E-state index in [4.69, 9.17) is 0 Å². The number of hydrogen-bond acceptors (Lipinski definition) is 2. The Balaban J connectivity index is 2.87. The van der Waals surface area contributed by atoms with Crippen LogP contribution in [0.25, 0.3) is 0 Å². The van der Waals surface area contributed by atoms with Crippen LogP contribution in [-0.2, 0) is 0 Å². The van der Waals surface area contributed by atoms with Crippen LogP contribution in [0.1, 0.15) is 38.7 Å². The van der Waals surface area contributed by atoms with Crippen molar-refractivity contribution in [1.82, 2.24) is 0 Å². The summed E-state index contributed by atoms with van der Waals surface area (Å²) in [4.78, 5) is 10.7. The monoisotopic (exact) mass is 233 g/mol. The molecule has 0 aliphatic rings. The topological polar surface area (TPSA) is 43.1 Å². The average molecular weight is 233 g/mol. The van der Waals surface area contributed by atoms with Gasteiger partial charge in [-0.25, -0.2) is 0 Å². The van der Waals surface area contributed by atoms with Gasteiger partial charge in [-0.1, -0.05) is 51.1 Å². The van der Waals surface area contributed by atoms with Crippen molar-refractivity contribution in [3.63, 3.8) is 0 Å². The second kappa shape index (κ2) is 6.18. The molecule has 0 radical (unpaired) electrons. The first kappa shape index (κ1) is 13.4. The van der Waals surface area contributed by atoms with Gasteiger partial charge in [0, 0.05) is 12.3 Å². The minimum atomic E-state index is -0.264. The third kappa shape index (κ3) is 4.39. The molecule has 0 saturated carbocycles. The van der Waals surface area contributed by atoms with E-state index in [0.29, 0.717) is 18.0 Å². The predicted molar refractivity (Wildman–Crippen MR) is 69.4 cm³/mol. The highest BCUT2D eigenvalue weighted by Crippen LogP contribution is 2.21. The van der Waals surface area contributed by atoms with Gasteiger partial charge in [-0.15, -0.1) is 0 Å². The van der Waals surface area contributed by atoms with E-state index < -0.39 is 0 Å². The van der Waals surface area contributed by atoms with Gasteiger partial charge in [-0.2, -0.15) is 0 Å². The standard InChI is InChI=1S/C14H19NO2/c1-11(2)9-14(15(16)17)10-12(3)13-7-5-4-6-8-13/h4-8,10-12H,9H2,1-3H3/b14-10-. The maximum Gasteiger partial charge on any atom is 0.243 e. The van der Waals surface area contributed by atoms with Gasteiger partial charge in [0.25, 0.3) is 0 Å². The quantitative estimate of drug-likeness (QED) is 0.570. The average Bonchev–Trinajstić information content (AvgIpc) is 2.28. The van der Waals surface area contributed by atoms with Crippen molar-refractivity contribution in [2.45, 2.75) is 33.1 Å². The molecule has 1 unspecified atom stereocenters. The molecular formula is C14H19NO2. The van der Waals surface area contributed by atoms with Crippen LogP contribution in [-0.4, -0.2) is 4.92 Å². The van der Waals surface area contributed by atoms with E-state index in [1.807, 2.05) is 51.1 Å². The number of benzene rings is 1. The molecule has 1 aromatic carbocycles. The summed E-state index contributed by atoms with van der Waals surface area (Å²) in [5.41, 5.74) is 1.42. The Hall–Kier alpha value is -1.64. The van der Waals surface area contributed by atoms with E-state index in [1.165, 1.54) is 0 Å². The molecule has 0 fully saturated rings. The number of rotatable bonds is 5. The Morgan fingerprint density at radius 1 is 1.29 bits per heavy atom. The fourth-order valence-corrected chi connectivity index (χ4v) is 1.76. The molecule has 0 saturated heterocycles. The summed E-state index contributed by atoms with van der Waals surface area (Å²) in [6, 6.07) is 9.84. The van der Waals surface area contributed by atoms with Gasteiger partial charge in [0.2, 0.25) is 5.70 Å². The summed E-state index contributed by atoms with van der Waals surface area (Å²) in [5.74, 6) is 0.380. The summed E-state index contributed by atoms with van der Waals surface area (Å²) in [7, 11) is 0. The first-order valence-electron chi connectivity index (χ1n) is 5.90. The van der Waals surface area contributed by atoms with Crippen LogP contribution in [0.5, 0.6) is 0 Å². The lowest BCUT2D eigenvalue weighted by Gasteiger charge is -2.08. The molecule has 0 aliphatic heterocycles. The molecule has 1 aromatic rings. The molecular weight excluding hydrogens is 214 g/mol. The van der Waals surface area contributed by atoms with E-state index in [1.54, 1.807) is 6.08 Å². The Bertz CT molecular complexity index is 396. The van der Waals surface area contributed by atoms with Gasteiger partial charge >= 0.3 is 0 Å². The molecule has 92 valence electrons. The summed E-state index contributed by atoms with van der Waals surface area (Å²) in [6.07, 6.45) is 2.28. The maximum absolute atomic E-state index is 10.9. The van der Waals surface area contributed by atoms with E-state index in [9.17, 15) is 10.1 Å². The SMILES string of the molecule is CC(C)C/C(=C/C(C)c1ccccc1)[N+](=O)[O-]. The van der Waals surface area contributed by atoms with Crippen LogP contribution < -0.4 is 0 Å². The largest absolute Gasteiger partial charge is 0.259 e. The molecule has 0 N–H and O–H groups in total. The lowest BCUT2D eigenvalue weighted by molar-refractivity contribution is -0.429. The smallest absolute Gasteiger partial charge is 0.243 e. The zero-order valence-corrected chi connectivity index (χ0v) is 10.6. The van der Waals surface area contributed by atoms with Crippen molar-refractivity contribution in [2.75, 3.05) is 0 Å². The molecule has 17 heavy (non-hydrogen) atoms. The van der Waals surface area contributed by atoms with E-state index >= 15 is 0 Å². The van der Waals surface area contributed by atoms with Gasteiger partial charge in [-0.05, 0) is 17.6 Å². The van der Waals surface area contributed by atoms with Crippen molar-refractivity contribution in [3.05, 3.63) is 57.8 Å². The highest BCUT2D eigenvalue weighted by molar-refractivity contribution is 5.23. The third-order valence-corrected chi connectivity index (χ3v) is 2.62. The van der Waals surface area contributed by atoms with Crippen molar-refractivity contribution in [3.8, 4) is 0 Å². The van der Waals surface area contributed by atoms with Crippen molar-refractivity contribution >= 4 is 0 Å². The Morgan fingerprint density at radius 3 is 2.35 bits per heavy atom. The minimum absolute atomic E-state index is 0.0790. The van der Waals surface area contributed by atoms with Crippen molar-refractivity contribution < 1.29 is 4.92 Å². The van der Waals surface area contributed by atoms with Crippen LogP contribution in [0, 0.1) is 16.0 Å². The normalized spacial score (nSPS) is 13.8. The van der Waals surface area contributed by atoms with Gasteiger partial charge in [-0.3, -0.25) is 10.1 Å². The summed E-state index contributed by atoms with van der Waals surface area (Å²) >= 11 is 0. The molecule has 1 rings (SSSR count). The Kier molecular flexibility index (Phi) is 4.88. The molecule has 0 aromatic heterocycles. The lowest BCUT2D eigenvalue weighted by Crippen LogP contribution is -2.04. The lowest BCUT2D eigenvalue weighted by atomic mass is 9.98. The second-order valence-electron chi connectivity index (χ2n) is 4.71. The second-order valence-corrected chi connectivity index (χ2v) is 4.71. The molecule has 0 amide bonds. The Morgan fingerprint density at radius 2 is 1.88 bits per heavy atom. The zero-order valence-electron chi connectivity index (χ0n) is 10.6. The highest BCUT2D eigenvalue weighted by Gasteiger charge is 2.15. The molecule has 1 atom stereocenters. The predicted octanol–water partition coefficient (Wildman–Crippen LogP) is 4.00. The summed E-state index contributed by atoms with van der Waals surface area (Å²) < 4.78 is 0. The first-order valence-corrected chi connectivity index (χ1v) is 5.90. The molecule has 0 aliphatic carbocycles. The van der Waals surface area contributed by atoms with Gasteiger partial charge in [0.05, 0.1) is 4.92 Å². The van der Waals surface area contributed by atoms with E-state index in [-0.39, 0.29) is 10.8 Å². The number of nitrogens with zero attached hydrogens (tertiary/aromatic N) is 1. The minimum Gasteiger partial charge on any atom is -0.259 e. The van der Waals surface area contributed by atoms with E-state index in [2.05, 4.69) is 0 Å². The molecule has 0 heterocycles. The van der Waals surface area contributed by atoms with E-state index in [0.717, 1.165) is 5.56 Å². The molecule has 0 spiro atoms. The van der Waals surface area contributed by atoms with Crippen LogP contribution in [0.2, 0.25) is 0 Å². The van der Waals surface area contributed by atoms with Crippen molar-refractivity contribution in [2.24, 2.45) is 5.92 Å². The van der Waals surface area contributed by atoms with Gasteiger partial charge in [0.15, 0.2) is 0 Å². The molecule has 0 bridgehead atoms. The maximum atomic E-state index is 10.9. The fraction of sp³-hybridized carbons (Fsp3) is 0.429. The third-order valence-electron chi connectivity index (χ3n) is 2.62. The number of nitro groups is 1. The highest BCUT2D eigenvalue weighted by atomic mass is 16.6. The van der Waals surface area contributed by atoms with Crippen LogP contribution in [0.3, 0.4) is 0 Å². The summed E-state index contributed by atoms with van der Waals surface area (Å²) in [6.45, 7) is 5.97. The number of hydrogen-bond donors (Lipinski definition) is 0. The van der Waals surface area contributed by atoms with Crippen LogP contribution in [0.15, 0.2) is 42.1 Å². The summed E-state index contributed by atoms with van der Waals surface area (Å²) in [5, 5.41) is 10.9. The molecule has 3 nitrogen and oxygen atoms in total. The fourth-order valence-electron chi connectivity index (χ4n) is 1.76. The van der Waals surface area contributed by atoms with Crippen LogP contribution >= 0.6 is 0 Å². The van der Waals surface area contributed by atoms with Gasteiger partial charge < -0.3 is 0 Å².